The number of halogens is 1. The van der Waals surface area contributed by atoms with Gasteiger partial charge in [-0.1, -0.05) is 49.2 Å². The molecule has 6 rings (SSSR count). The number of rotatable bonds is 7. The molecule has 0 spiro atoms. The molecule has 2 aliphatic rings. The van der Waals surface area contributed by atoms with Crippen molar-refractivity contribution in [2.24, 2.45) is 11.8 Å². The fraction of sp³-hybridized carbons (Fsp3) is 0.433. The Morgan fingerprint density at radius 2 is 1.89 bits per heavy atom. The predicted molar refractivity (Wildman–Crippen MR) is 171 cm³/mol. The average molecular weight is 639 g/mol. The molecule has 1 aliphatic heterocycles. The first kappa shape index (κ1) is 30.2. The van der Waals surface area contributed by atoms with Crippen LogP contribution in [-0.2, 0) is 10.0 Å². The van der Waals surface area contributed by atoms with Gasteiger partial charge in [-0.3, -0.25) is 19.1 Å². The molecule has 1 aliphatic carbocycles. The number of anilines is 1. The van der Waals surface area contributed by atoms with E-state index >= 15 is 0 Å². The van der Waals surface area contributed by atoms with Gasteiger partial charge in [0.15, 0.2) is 0 Å². The van der Waals surface area contributed by atoms with Crippen molar-refractivity contribution in [3.63, 3.8) is 0 Å². The number of fused-ring (bicyclic) bond motifs is 1. The van der Waals surface area contributed by atoms with Crippen LogP contribution in [-0.4, -0.2) is 73.8 Å². The van der Waals surface area contributed by atoms with E-state index in [-0.39, 0.29) is 36.9 Å². The highest BCUT2D eigenvalue weighted by molar-refractivity contribution is 7.88. The van der Waals surface area contributed by atoms with E-state index in [0.717, 1.165) is 31.4 Å². The first-order chi connectivity index (χ1) is 20.9. The second-order valence-electron chi connectivity index (χ2n) is 11.9. The summed E-state index contributed by atoms with van der Waals surface area (Å²) in [5.74, 6) is 0.912. The normalized spacial score (nSPS) is 23.2. The number of piperazine rings is 1. The monoisotopic (exact) mass is 638 g/mol. The minimum Gasteiger partial charge on any atom is -0.330 e. The van der Waals surface area contributed by atoms with Crippen molar-refractivity contribution in [3.05, 3.63) is 59.3 Å². The van der Waals surface area contributed by atoms with E-state index in [1.54, 1.807) is 30.6 Å². The van der Waals surface area contributed by atoms with Crippen LogP contribution in [0, 0.1) is 11.8 Å². The van der Waals surface area contributed by atoms with E-state index < -0.39 is 15.8 Å². The molecule has 0 aromatic carbocycles. The van der Waals surface area contributed by atoms with Crippen LogP contribution in [0.3, 0.4) is 0 Å². The highest BCUT2D eigenvalue weighted by Gasteiger charge is 2.38. The van der Waals surface area contributed by atoms with E-state index in [1.807, 2.05) is 6.92 Å². The van der Waals surface area contributed by atoms with Crippen molar-refractivity contribution in [1.29, 1.82) is 0 Å². The quantitative estimate of drug-likeness (QED) is 0.282. The molecular weight excluding hydrogens is 604 g/mol. The van der Waals surface area contributed by atoms with E-state index in [4.69, 9.17) is 26.1 Å². The maximum absolute atomic E-state index is 12.6. The van der Waals surface area contributed by atoms with E-state index in [0.29, 0.717) is 44.9 Å². The minimum absolute atomic E-state index is 0.156. The molecule has 5 heterocycles. The van der Waals surface area contributed by atoms with Gasteiger partial charge in [0.25, 0.3) is 0 Å². The molecule has 2 atom stereocenters. The third kappa shape index (κ3) is 5.59. The molecule has 4 aromatic heterocycles. The van der Waals surface area contributed by atoms with Gasteiger partial charge in [-0.25, -0.2) is 23.2 Å². The van der Waals surface area contributed by atoms with Crippen LogP contribution < -0.4 is 10.7 Å². The van der Waals surface area contributed by atoms with Gasteiger partial charge in [-0.05, 0) is 43.7 Å². The topological polar surface area (TPSA) is 143 Å². The maximum atomic E-state index is 12.6. The summed E-state index contributed by atoms with van der Waals surface area (Å²) in [6, 6.07) is 2.92. The summed E-state index contributed by atoms with van der Waals surface area (Å²) in [7, 11) is -3.42. The number of hydrogen-bond donors (Lipinski definition) is 1. The van der Waals surface area contributed by atoms with Gasteiger partial charge in [-0.2, -0.15) is 4.31 Å². The summed E-state index contributed by atoms with van der Waals surface area (Å²) in [4.78, 5) is 31.0. The molecule has 2 fully saturated rings. The second kappa shape index (κ2) is 11.6. The van der Waals surface area contributed by atoms with Crippen molar-refractivity contribution in [2.45, 2.75) is 51.6 Å². The van der Waals surface area contributed by atoms with Crippen molar-refractivity contribution in [3.8, 4) is 22.8 Å². The second-order valence-corrected chi connectivity index (χ2v) is 14.3. The van der Waals surface area contributed by atoms with Crippen molar-refractivity contribution in [2.75, 3.05) is 24.2 Å². The van der Waals surface area contributed by atoms with E-state index in [1.165, 1.54) is 10.6 Å². The van der Waals surface area contributed by atoms with Gasteiger partial charge in [-0.15, -0.1) is 6.58 Å². The van der Waals surface area contributed by atoms with Gasteiger partial charge in [0, 0.05) is 42.8 Å². The number of nitrogens with zero attached hydrogens (tertiary/aromatic N) is 7. The summed E-state index contributed by atoms with van der Waals surface area (Å²) in [6.45, 7) is 13.5. The Morgan fingerprint density at radius 3 is 2.52 bits per heavy atom. The van der Waals surface area contributed by atoms with Crippen LogP contribution in [0.5, 0.6) is 0 Å². The fourth-order valence-corrected chi connectivity index (χ4v) is 7.48. The van der Waals surface area contributed by atoms with Crippen molar-refractivity contribution < 1.29 is 12.9 Å². The van der Waals surface area contributed by atoms with Gasteiger partial charge >= 0.3 is 5.76 Å². The first-order valence-corrected chi connectivity index (χ1v) is 16.8. The van der Waals surface area contributed by atoms with Crippen LogP contribution >= 0.6 is 11.6 Å². The van der Waals surface area contributed by atoms with Crippen LogP contribution in [0.4, 0.5) is 5.95 Å². The summed E-state index contributed by atoms with van der Waals surface area (Å²) in [6.07, 6.45) is 10.4. The zero-order valence-electron chi connectivity index (χ0n) is 24.9. The standard InChI is InChI=1S/C30H35ClN8O4S/c1-6-23-16-37(44(5,41)42)15-18(3)38(23)29-34-24-12-25(28-35-30(40)43-36-28)33-26(21-11-22(31)14-32-13-21)27(24)39(29)19(4)20-9-7-17(2)8-10-20/h6,11-14,17-18,20,23H,1,4,7-10,15-16H2,2-3,5H3,(H,35,36,40). The maximum Gasteiger partial charge on any atom is 0.439 e. The van der Waals surface area contributed by atoms with Gasteiger partial charge in [0.05, 0.1) is 28.5 Å². The lowest BCUT2D eigenvalue weighted by Crippen LogP contribution is -2.59. The molecule has 1 saturated carbocycles. The zero-order valence-corrected chi connectivity index (χ0v) is 26.5. The third-order valence-corrected chi connectivity index (χ3v) is 10.2. The number of sulfonamides is 1. The molecule has 44 heavy (non-hydrogen) atoms. The lowest BCUT2D eigenvalue weighted by molar-refractivity contribution is 0.311. The van der Waals surface area contributed by atoms with Gasteiger partial charge < -0.3 is 4.90 Å². The molecule has 1 saturated heterocycles. The summed E-state index contributed by atoms with van der Waals surface area (Å²) in [5.41, 5.74) is 3.68. The fourth-order valence-electron chi connectivity index (χ4n) is 6.40. The first-order valence-electron chi connectivity index (χ1n) is 14.6. The summed E-state index contributed by atoms with van der Waals surface area (Å²) < 4.78 is 33.5. The Bertz CT molecular complexity index is 1910. The Kier molecular flexibility index (Phi) is 7.97. The number of H-pyrrole nitrogens is 1. The Hall–Kier alpha value is -3.81. The number of aromatic nitrogens is 6. The Labute approximate surface area is 260 Å². The molecule has 4 aromatic rings. The molecule has 232 valence electrons. The lowest BCUT2D eigenvalue weighted by Gasteiger charge is -2.44. The lowest BCUT2D eigenvalue weighted by atomic mass is 9.81. The SMILES string of the molecule is C=CC1CN(S(C)(=O)=O)CC(C)N1c1nc2cc(-c3noc(=O)[nH]3)nc(-c3cncc(Cl)c3)c2n1C(=C)C1CCC(C)CC1. The molecular formula is C30H35ClN8O4S. The molecule has 0 amide bonds. The van der Waals surface area contributed by atoms with E-state index in [9.17, 15) is 13.2 Å². The van der Waals surface area contributed by atoms with E-state index in [2.05, 4.69) is 44.7 Å². The average Bonchev–Trinajstić information content (AvgIpc) is 3.59. The number of allylic oxidation sites excluding steroid dienone is 1. The molecule has 14 heteroatoms. The summed E-state index contributed by atoms with van der Waals surface area (Å²) >= 11 is 6.40. The zero-order chi connectivity index (χ0) is 31.3. The van der Waals surface area contributed by atoms with Crippen LogP contribution in [0.25, 0.3) is 39.5 Å². The molecule has 0 radical (unpaired) electrons. The number of nitrogens with one attached hydrogen (secondary N) is 1. The van der Waals surface area contributed by atoms with Crippen LogP contribution in [0.2, 0.25) is 5.02 Å². The molecule has 2 unspecified atom stereocenters. The van der Waals surface area contributed by atoms with Crippen molar-refractivity contribution >= 4 is 44.3 Å². The predicted octanol–water partition coefficient (Wildman–Crippen LogP) is 4.81. The third-order valence-electron chi connectivity index (χ3n) is 8.71. The number of pyridine rings is 2. The smallest absolute Gasteiger partial charge is 0.330 e. The highest BCUT2D eigenvalue weighted by Crippen LogP contribution is 2.42. The number of hydrogen-bond acceptors (Lipinski definition) is 9. The van der Waals surface area contributed by atoms with Crippen LogP contribution in [0.1, 0.15) is 39.5 Å². The highest BCUT2D eigenvalue weighted by atomic mass is 35.5. The molecule has 0 bridgehead atoms. The number of imidazole rings is 1. The minimum atomic E-state index is -3.42. The van der Waals surface area contributed by atoms with Gasteiger partial charge in [0.2, 0.25) is 21.8 Å². The summed E-state index contributed by atoms with van der Waals surface area (Å²) in [5, 5.41) is 4.29. The molecule has 12 nitrogen and oxygen atoms in total. The van der Waals surface area contributed by atoms with Crippen LogP contribution in [0.15, 0.2) is 53.1 Å². The molecule has 1 N–H and O–H groups in total. The van der Waals surface area contributed by atoms with Crippen molar-refractivity contribution in [1.82, 2.24) is 34.0 Å². The largest absolute Gasteiger partial charge is 0.439 e. The Balaban J connectivity index is 1.62. The van der Waals surface area contributed by atoms with Gasteiger partial charge in [0.1, 0.15) is 11.2 Å². The Morgan fingerprint density at radius 1 is 1.14 bits per heavy atom. The number of aromatic amines is 1.